The van der Waals surface area contributed by atoms with E-state index in [9.17, 15) is 9.59 Å². The molecule has 0 radical (unpaired) electrons. The van der Waals surface area contributed by atoms with Gasteiger partial charge in [-0.15, -0.1) is 0 Å². The van der Waals surface area contributed by atoms with Gasteiger partial charge in [-0.25, -0.2) is 9.59 Å². The minimum absolute atomic E-state index is 0.193. The third-order valence-corrected chi connectivity index (χ3v) is 3.38. The molecule has 124 valence electrons. The molecule has 0 aromatic heterocycles. The molecule has 0 amide bonds. The Hall–Kier alpha value is -3.07. The van der Waals surface area contributed by atoms with E-state index in [0.717, 1.165) is 22.4 Å². The highest BCUT2D eigenvalue weighted by molar-refractivity contribution is 6.15. The quantitative estimate of drug-likeness (QED) is 0.397. The van der Waals surface area contributed by atoms with Crippen LogP contribution in [0.4, 0.5) is 5.69 Å². The molecule has 0 unspecified atom stereocenters. The third-order valence-electron chi connectivity index (χ3n) is 3.38. The lowest BCUT2D eigenvalue weighted by Gasteiger charge is -2.29. The van der Waals surface area contributed by atoms with E-state index < -0.39 is 17.7 Å². The zero-order valence-corrected chi connectivity index (χ0v) is 14.0. The van der Waals surface area contributed by atoms with E-state index in [-0.39, 0.29) is 5.57 Å². The molecule has 1 aromatic rings. The summed E-state index contributed by atoms with van der Waals surface area (Å²) in [4.78, 5) is 23.8. The zero-order chi connectivity index (χ0) is 17.9. The van der Waals surface area contributed by atoms with Crippen LogP contribution in [-0.2, 0) is 19.1 Å². The van der Waals surface area contributed by atoms with E-state index in [2.05, 4.69) is 5.32 Å². The van der Waals surface area contributed by atoms with Crippen LogP contribution in [-0.4, -0.2) is 17.7 Å². The molecule has 1 aromatic carbocycles. The van der Waals surface area contributed by atoms with Crippen molar-refractivity contribution in [1.29, 1.82) is 5.26 Å². The Morgan fingerprint density at radius 2 is 1.67 bits per heavy atom. The van der Waals surface area contributed by atoms with Gasteiger partial charge in [-0.3, -0.25) is 0 Å². The summed E-state index contributed by atoms with van der Waals surface area (Å²) < 4.78 is 10.1. The molecule has 0 spiro atoms. The molecular weight excluding hydrogens is 308 g/mol. The van der Waals surface area contributed by atoms with Crippen molar-refractivity contribution in [3.63, 3.8) is 0 Å². The van der Waals surface area contributed by atoms with E-state index in [0.29, 0.717) is 0 Å². The number of rotatable bonds is 3. The normalized spacial score (nSPS) is 16.4. The number of nitrogens with one attached hydrogen (secondary N) is 1. The average Bonchev–Trinajstić information content (AvgIpc) is 2.45. The van der Waals surface area contributed by atoms with Gasteiger partial charge in [-0.1, -0.05) is 0 Å². The Labute approximate surface area is 140 Å². The number of hydrogen-bond acceptors (Lipinski definition) is 6. The summed E-state index contributed by atoms with van der Waals surface area (Å²) in [5.74, 6) is -2.72. The van der Waals surface area contributed by atoms with Crippen LogP contribution >= 0.6 is 0 Å². The molecule has 1 aliphatic heterocycles. The molecule has 0 saturated carbocycles. The van der Waals surface area contributed by atoms with Gasteiger partial charge < -0.3 is 14.8 Å². The van der Waals surface area contributed by atoms with E-state index in [1.165, 1.54) is 26.1 Å². The van der Waals surface area contributed by atoms with Gasteiger partial charge in [0.25, 0.3) is 5.79 Å². The highest BCUT2D eigenvalue weighted by Crippen LogP contribution is 2.25. The van der Waals surface area contributed by atoms with Gasteiger partial charge >= 0.3 is 11.9 Å². The molecule has 1 heterocycles. The molecule has 6 heteroatoms. The van der Waals surface area contributed by atoms with Gasteiger partial charge in [0.05, 0.1) is 6.07 Å². The highest BCUT2D eigenvalue weighted by Gasteiger charge is 2.38. The Balaban J connectivity index is 2.26. The smallest absolute Gasteiger partial charge is 0.350 e. The summed E-state index contributed by atoms with van der Waals surface area (Å²) in [6.45, 7) is 6.76. The van der Waals surface area contributed by atoms with Gasteiger partial charge in [-0.2, -0.15) is 5.26 Å². The van der Waals surface area contributed by atoms with Crippen LogP contribution in [0.1, 0.15) is 30.5 Å². The number of aryl methyl sites for hydroxylation is 2. The molecule has 1 aliphatic rings. The molecule has 1 fully saturated rings. The second-order valence-electron chi connectivity index (χ2n) is 5.87. The first-order valence-electron chi connectivity index (χ1n) is 7.34. The summed E-state index contributed by atoms with van der Waals surface area (Å²) in [5.41, 5.74) is 3.27. The maximum Gasteiger partial charge on any atom is 0.350 e. The van der Waals surface area contributed by atoms with E-state index in [1.807, 2.05) is 32.0 Å². The SMILES string of the molecule is Cc1cc(C=CC#N)cc(C)c1NC=C1C(=O)OC(C)(C)OC1=O. The Morgan fingerprint density at radius 3 is 2.17 bits per heavy atom. The molecule has 1 saturated heterocycles. The number of carbonyl (C=O) groups is 2. The average molecular weight is 326 g/mol. The van der Waals surface area contributed by atoms with E-state index in [1.54, 1.807) is 6.08 Å². The van der Waals surface area contributed by atoms with Crippen molar-refractivity contribution in [1.82, 2.24) is 0 Å². The second-order valence-corrected chi connectivity index (χ2v) is 5.87. The first-order valence-corrected chi connectivity index (χ1v) is 7.34. The lowest BCUT2D eigenvalue weighted by atomic mass is 10.0. The number of cyclic esters (lactones) is 2. The molecule has 0 atom stereocenters. The lowest BCUT2D eigenvalue weighted by molar-refractivity contribution is -0.222. The van der Waals surface area contributed by atoms with Gasteiger partial charge in [0.1, 0.15) is 0 Å². The number of nitriles is 1. The minimum atomic E-state index is -1.26. The van der Waals surface area contributed by atoms with Crippen molar-refractivity contribution in [2.24, 2.45) is 0 Å². The highest BCUT2D eigenvalue weighted by atomic mass is 16.7. The van der Waals surface area contributed by atoms with Crippen LogP contribution < -0.4 is 5.32 Å². The number of anilines is 1. The van der Waals surface area contributed by atoms with Crippen LogP contribution in [0.2, 0.25) is 0 Å². The number of allylic oxidation sites excluding steroid dienone is 1. The summed E-state index contributed by atoms with van der Waals surface area (Å²) in [6.07, 6.45) is 4.40. The maximum atomic E-state index is 11.9. The number of ether oxygens (including phenoxy) is 2. The maximum absolute atomic E-state index is 11.9. The van der Waals surface area contributed by atoms with Crippen molar-refractivity contribution in [3.8, 4) is 6.07 Å². The summed E-state index contributed by atoms with van der Waals surface area (Å²) >= 11 is 0. The van der Waals surface area contributed by atoms with Gasteiger partial charge in [0, 0.05) is 31.8 Å². The van der Waals surface area contributed by atoms with E-state index >= 15 is 0 Å². The minimum Gasteiger partial charge on any atom is -0.419 e. The number of esters is 2. The number of nitrogens with zero attached hydrogens (tertiary/aromatic N) is 1. The molecular formula is C18H18N2O4. The van der Waals surface area contributed by atoms with Gasteiger partial charge in [0.2, 0.25) is 0 Å². The van der Waals surface area contributed by atoms with Crippen molar-refractivity contribution in [2.45, 2.75) is 33.5 Å². The summed E-state index contributed by atoms with van der Waals surface area (Å²) in [5, 5.41) is 11.6. The van der Waals surface area contributed by atoms with Crippen molar-refractivity contribution < 1.29 is 19.1 Å². The number of hydrogen-bond donors (Lipinski definition) is 1. The molecule has 24 heavy (non-hydrogen) atoms. The first-order chi connectivity index (χ1) is 11.2. The van der Waals surface area contributed by atoms with Crippen molar-refractivity contribution in [2.75, 3.05) is 5.32 Å². The van der Waals surface area contributed by atoms with Crippen LogP contribution in [0.5, 0.6) is 0 Å². The van der Waals surface area contributed by atoms with Crippen LogP contribution in [0.3, 0.4) is 0 Å². The van der Waals surface area contributed by atoms with Crippen molar-refractivity contribution in [3.05, 3.63) is 46.7 Å². The van der Waals surface area contributed by atoms with Gasteiger partial charge in [-0.05, 0) is 48.7 Å². The number of benzene rings is 1. The molecule has 0 bridgehead atoms. The first kappa shape index (κ1) is 17.3. The standard InChI is InChI=1S/C18H18N2O4/c1-11-8-13(6-5-7-19)9-12(2)15(11)20-10-14-16(21)23-18(3,4)24-17(14)22/h5-6,8-10,20H,1-4H3. The molecule has 6 nitrogen and oxygen atoms in total. The van der Waals surface area contributed by atoms with Crippen molar-refractivity contribution >= 4 is 23.7 Å². The monoisotopic (exact) mass is 326 g/mol. The fraction of sp³-hybridized carbons (Fsp3) is 0.278. The van der Waals surface area contributed by atoms with Crippen LogP contribution in [0.15, 0.2) is 30.0 Å². The Kier molecular flexibility index (Phi) is 4.74. The molecule has 2 rings (SSSR count). The summed E-state index contributed by atoms with van der Waals surface area (Å²) in [7, 11) is 0. The van der Waals surface area contributed by atoms with Gasteiger partial charge in [0.15, 0.2) is 5.57 Å². The molecule has 1 N–H and O–H groups in total. The fourth-order valence-electron chi connectivity index (χ4n) is 2.38. The Morgan fingerprint density at radius 1 is 1.12 bits per heavy atom. The second kappa shape index (κ2) is 6.59. The Bertz CT molecular complexity index is 753. The zero-order valence-electron chi connectivity index (χ0n) is 14.0. The topological polar surface area (TPSA) is 88.4 Å². The third kappa shape index (κ3) is 3.82. The largest absolute Gasteiger partial charge is 0.419 e. The van der Waals surface area contributed by atoms with Crippen LogP contribution in [0, 0.1) is 25.2 Å². The van der Waals surface area contributed by atoms with E-state index in [4.69, 9.17) is 14.7 Å². The fourth-order valence-corrected chi connectivity index (χ4v) is 2.38. The van der Waals surface area contributed by atoms with Crippen LogP contribution in [0.25, 0.3) is 6.08 Å². The lowest BCUT2D eigenvalue weighted by Crippen LogP contribution is -2.42. The molecule has 0 aliphatic carbocycles. The summed E-state index contributed by atoms with van der Waals surface area (Å²) in [6, 6.07) is 5.73. The predicted molar refractivity (Wildman–Crippen MR) is 88.5 cm³/mol. The predicted octanol–water partition coefficient (Wildman–Crippen LogP) is 2.97. The number of carbonyl (C=O) groups excluding carboxylic acids is 2.